The zero-order chi connectivity index (χ0) is 6.97. The number of aryl methyl sites for hydroxylation is 2. The molecule has 2 heterocycles. The number of hydrogen-bond acceptors (Lipinski definition) is 2. The van der Waals surface area contributed by atoms with Gasteiger partial charge in [0.2, 0.25) is 0 Å². The van der Waals surface area contributed by atoms with E-state index in [0.29, 0.717) is 0 Å². The van der Waals surface area contributed by atoms with Crippen molar-refractivity contribution in [3.63, 3.8) is 0 Å². The van der Waals surface area contributed by atoms with Gasteiger partial charge in [-0.2, -0.15) is 5.10 Å². The molecule has 0 saturated heterocycles. The molecule has 0 fully saturated rings. The van der Waals surface area contributed by atoms with E-state index in [4.69, 9.17) is 0 Å². The first kappa shape index (κ1) is 6.28. The zero-order valence-corrected chi connectivity index (χ0v) is 6.82. The van der Waals surface area contributed by atoms with Gasteiger partial charge in [-0.3, -0.25) is 4.68 Å². The molecule has 54 valence electrons. The van der Waals surface area contributed by atoms with E-state index in [1.165, 1.54) is 29.2 Å². The molecule has 0 aliphatic carbocycles. The fraction of sp³-hybridized carbons (Fsp3) is 0.571. The molecule has 0 N–H and O–H groups in total. The van der Waals surface area contributed by atoms with E-state index in [9.17, 15) is 0 Å². The second-order valence-electron chi connectivity index (χ2n) is 2.55. The first-order valence-corrected chi connectivity index (χ1v) is 4.50. The predicted molar refractivity (Wildman–Crippen MR) is 42.3 cm³/mol. The summed E-state index contributed by atoms with van der Waals surface area (Å²) in [5, 5.41) is 5.56. The van der Waals surface area contributed by atoms with Crippen molar-refractivity contribution in [1.82, 2.24) is 9.78 Å². The van der Waals surface area contributed by atoms with Crippen LogP contribution in [0.25, 0.3) is 0 Å². The second kappa shape index (κ2) is 2.31. The molecule has 2 rings (SSSR count). The summed E-state index contributed by atoms with van der Waals surface area (Å²) in [5.41, 5.74) is 1.43. The lowest BCUT2D eigenvalue weighted by Gasteiger charge is -2.10. The number of nitrogens with zero attached hydrogens (tertiary/aromatic N) is 2. The quantitative estimate of drug-likeness (QED) is 0.563. The van der Waals surface area contributed by atoms with Gasteiger partial charge in [0.25, 0.3) is 0 Å². The van der Waals surface area contributed by atoms with Gasteiger partial charge in [0.1, 0.15) is 0 Å². The molecular weight excluding hydrogens is 144 g/mol. The largest absolute Gasteiger partial charge is 0.262 e. The summed E-state index contributed by atoms with van der Waals surface area (Å²) in [5.74, 6) is 1.26. The van der Waals surface area contributed by atoms with Gasteiger partial charge in [-0.1, -0.05) is 0 Å². The highest BCUT2D eigenvalue weighted by Crippen LogP contribution is 2.28. The molecule has 0 amide bonds. The van der Waals surface area contributed by atoms with Crippen molar-refractivity contribution >= 4 is 11.8 Å². The van der Waals surface area contributed by atoms with Crippen molar-refractivity contribution in [3.05, 3.63) is 11.8 Å². The topological polar surface area (TPSA) is 17.8 Å². The number of hydrogen-bond donors (Lipinski definition) is 0. The van der Waals surface area contributed by atoms with Crippen molar-refractivity contribution in [2.75, 3.05) is 5.75 Å². The lowest BCUT2D eigenvalue weighted by atomic mass is 10.2. The molecule has 0 bridgehead atoms. The first-order chi connectivity index (χ1) is 4.88. The lowest BCUT2D eigenvalue weighted by Crippen LogP contribution is -2.00. The summed E-state index contributed by atoms with van der Waals surface area (Å²) in [6, 6.07) is 0. The van der Waals surface area contributed by atoms with Crippen LogP contribution in [0.4, 0.5) is 0 Å². The van der Waals surface area contributed by atoms with E-state index in [2.05, 4.69) is 5.10 Å². The van der Waals surface area contributed by atoms with E-state index in [1.807, 2.05) is 29.7 Å². The van der Waals surface area contributed by atoms with Crippen LogP contribution in [0.15, 0.2) is 11.2 Å². The summed E-state index contributed by atoms with van der Waals surface area (Å²) in [4.78, 5) is 0. The Bertz CT molecular complexity index is 242. The Morgan fingerprint density at radius 2 is 2.60 bits per heavy atom. The van der Waals surface area contributed by atoms with Crippen LogP contribution in [-0.2, 0) is 13.5 Å². The van der Waals surface area contributed by atoms with Crippen molar-refractivity contribution in [3.8, 4) is 0 Å². The van der Waals surface area contributed by atoms with Crippen LogP contribution >= 0.6 is 11.8 Å². The van der Waals surface area contributed by atoms with Gasteiger partial charge in [-0.15, -0.1) is 11.8 Å². The smallest absolute Gasteiger partial charge is 0.0968 e. The fourth-order valence-electron chi connectivity index (χ4n) is 1.26. The lowest BCUT2D eigenvalue weighted by molar-refractivity contribution is 0.686. The molecule has 2 nitrogen and oxygen atoms in total. The third-order valence-electron chi connectivity index (χ3n) is 1.78. The molecule has 0 unspecified atom stereocenters. The van der Waals surface area contributed by atoms with Crippen LogP contribution in [-0.4, -0.2) is 15.5 Å². The molecule has 1 aliphatic rings. The Labute approximate surface area is 64.6 Å². The summed E-state index contributed by atoms with van der Waals surface area (Å²) in [6.07, 6.45) is 4.51. The number of aromatic nitrogens is 2. The van der Waals surface area contributed by atoms with Crippen LogP contribution in [0.5, 0.6) is 0 Å². The summed E-state index contributed by atoms with van der Waals surface area (Å²) < 4.78 is 1.97. The molecular formula is C7H10N2S. The highest BCUT2D eigenvalue weighted by Gasteiger charge is 2.12. The number of rotatable bonds is 0. The van der Waals surface area contributed by atoms with Gasteiger partial charge in [0.15, 0.2) is 0 Å². The van der Waals surface area contributed by atoms with Gasteiger partial charge in [-0.25, -0.2) is 0 Å². The highest BCUT2D eigenvalue weighted by atomic mass is 32.2. The Kier molecular flexibility index (Phi) is 1.45. The van der Waals surface area contributed by atoms with E-state index >= 15 is 0 Å². The molecule has 0 spiro atoms. The van der Waals surface area contributed by atoms with Crippen molar-refractivity contribution in [2.24, 2.45) is 7.05 Å². The molecule has 1 aliphatic heterocycles. The summed E-state index contributed by atoms with van der Waals surface area (Å²) in [7, 11) is 2.01. The maximum atomic E-state index is 4.19. The molecule has 3 heteroatoms. The predicted octanol–water partition coefficient (Wildman–Crippen LogP) is 1.46. The van der Waals surface area contributed by atoms with E-state index in [0.717, 1.165) is 0 Å². The fourth-order valence-corrected chi connectivity index (χ4v) is 2.32. The molecule has 0 radical (unpaired) electrons. The normalized spacial score (nSPS) is 16.9. The summed E-state index contributed by atoms with van der Waals surface area (Å²) >= 11 is 1.92. The third kappa shape index (κ3) is 0.850. The first-order valence-electron chi connectivity index (χ1n) is 3.51. The van der Waals surface area contributed by atoms with Crippen molar-refractivity contribution in [1.29, 1.82) is 0 Å². The Balaban J connectivity index is 2.45. The van der Waals surface area contributed by atoms with E-state index < -0.39 is 0 Å². The third-order valence-corrected chi connectivity index (χ3v) is 3.08. The maximum Gasteiger partial charge on any atom is 0.0968 e. The summed E-state index contributed by atoms with van der Waals surface area (Å²) in [6.45, 7) is 0. The molecule has 0 aromatic carbocycles. The maximum absolute atomic E-state index is 4.19. The molecule has 0 atom stereocenters. The van der Waals surface area contributed by atoms with Gasteiger partial charge >= 0.3 is 0 Å². The van der Waals surface area contributed by atoms with Gasteiger partial charge in [-0.05, 0) is 18.6 Å². The van der Waals surface area contributed by atoms with E-state index in [-0.39, 0.29) is 0 Å². The SMILES string of the molecule is Cn1ncc2c1SCCC2. The highest BCUT2D eigenvalue weighted by molar-refractivity contribution is 7.99. The molecule has 1 aromatic heterocycles. The zero-order valence-electron chi connectivity index (χ0n) is 6.00. The molecule has 10 heavy (non-hydrogen) atoms. The van der Waals surface area contributed by atoms with Crippen molar-refractivity contribution in [2.45, 2.75) is 17.9 Å². The van der Waals surface area contributed by atoms with Gasteiger partial charge in [0.05, 0.1) is 11.2 Å². The minimum atomic E-state index is 1.22. The average Bonchev–Trinajstić information content (AvgIpc) is 2.34. The Hall–Kier alpha value is -0.440. The second-order valence-corrected chi connectivity index (χ2v) is 3.63. The number of thioether (sulfide) groups is 1. The van der Waals surface area contributed by atoms with E-state index in [1.54, 1.807) is 0 Å². The van der Waals surface area contributed by atoms with Crippen LogP contribution in [0.2, 0.25) is 0 Å². The Morgan fingerprint density at radius 3 is 3.40 bits per heavy atom. The standard InChI is InChI=1S/C7H10N2S/c1-9-7-6(5-8-9)3-2-4-10-7/h5H,2-4H2,1H3. The number of fused-ring (bicyclic) bond motifs is 1. The van der Waals surface area contributed by atoms with Crippen LogP contribution in [0.3, 0.4) is 0 Å². The molecule has 1 aromatic rings. The van der Waals surface area contributed by atoms with Gasteiger partial charge in [0, 0.05) is 12.6 Å². The minimum Gasteiger partial charge on any atom is -0.262 e. The Morgan fingerprint density at radius 1 is 1.70 bits per heavy atom. The minimum absolute atomic E-state index is 1.22. The molecule has 0 saturated carbocycles. The van der Waals surface area contributed by atoms with Crippen molar-refractivity contribution < 1.29 is 0 Å². The van der Waals surface area contributed by atoms with Gasteiger partial charge < -0.3 is 0 Å². The van der Waals surface area contributed by atoms with Crippen LogP contribution in [0, 0.1) is 0 Å². The van der Waals surface area contributed by atoms with Crippen LogP contribution in [0.1, 0.15) is 12.0 Å². The average molecular weight is 154 g/mol. The monoisotopic (exact) mass is 154 g/mol. The van der Waals surface area contributed by atoms with Crippen LogP contribution < -0.4 is 0 Å².